The Morgan fingerprint density at radius 1 is 1.41 bits per heavy atom. The molecule has 2 heterocycles. The summed E-state index contributed by atoms with van der Waals surface area (Å²) in [4.78, 5) is 28.2. The van der Waals surface area contributed by atoms with Crippen LogP contribution in [0.3, 0.4) is 0 Å². The minimum Gasteiger partial charge on any atom is -0.444 e. The summed E-state index contributed by atoms with van der Waals surface area (Å²) in [6.07, 6.45) is 2.65. The smallest absolute Gasteiger partial charge is 0.410 e. The first-order chi connectivity index (χ1) is 13.7. The van der Waals surface area contributed by atoms with Crippen LogP contribution in [0, 0.1) is 15.9 Å². The van der Waals surface area contributed by atoms with Gasteiger partial charge in [-0.15, -0.1) is 0 Å². The van der Waals surface area contributed by atoms with Gasteiger partial charge in [0.05, 0.1) is 5.92 Å². The van der Waals surface area contributed by atoms with Gasteiger partial charge in [0.1, 0.15) is 11.4 Å². The third-order valence-electron chi connectivity index (χ3n) is 4.81. The predicted molar refractivity (Wildman–Crippen MR) is 110 cm³/mol. The zero-order valence-corrected chi connectivity index (χ0v) is 17.7. The van der Waals surface area contributed by atoms with Crippen molar-refractivity contribution in [2.24, 2.45) is 0 Å². The van der Waals surface area contributed by atoms with Crippen molar-refractivity contribution in [3.8, 4) is 0 Å². The number of ether oxygens (including phenoxy) is 1. The van der Waals surface area contributed by atoms with Gasteiger partial charge in [0, 0.05) is 34.6 Å². The number of fused-ring (bicyclic) bond motifs is 1. The minimum absolute atomic E-state index is 0.311. The number of benzene rings is 1. The molecule has 1 N–H and O–H groups in total. The van der Waals surface area contributed by atoms with Crippen LogP contribution in [0.5, 0.6) is 0 Å². The number of aromatic nitrogens is 1. The Morgan fingerprint density at radius 2 is 2.10 bits per heavy atom. The third kappa shape index (κ3) is 5.46. The summed E-state index contributed by atoms with van der Waals surface area (Å²) >= 11 is 0. The van der Waals surface area contributed by atoms with Gasteiger partial charge in [-0.1, -0.05) is 13.8 Å². The van der Waals surface area contributed by atoms with Crippen molar-refractivity contribution >= 4 is 17.0 Å². The van der Waals surface area contributed by atoms with Gasteiger partial charge in [0.15, 0.2) is 0 Å². The SMILES string of the molecule is CC.CC(C)(C)OC(=O)N1CCCC1C(C[N+](=O)[O-])c1c[nH]c2cc(F)ccc12. The summed E-state index contributed by atoms with van der Waals surface area (Å²) in [6.45, 7) is 9.56. The number of rotatable bonds is 4. The van der Waals surface area contributed by atoms with Crippen molar-refractivity contribution in [3.63, 3.8) is 0 Å². The summed E-state index contributed by atoms with van der Waals surface area (Å²) in [6, 6.07) is 3.98. The Balaban J connectivity index is 0.00000145. The van der Waals surface area contributed by atoms with Gasteiger partial charge in [-0.05, 0) is 57.4 Å². The third-order valence-corrected chi connectivity index (χ3v) is 4.81. The van der Waals surface area contributed by atoms with E-state index in [0.29, 0.717) is 18.5 Å². The maximum absolute atomic E-state index is 13.5. The quantitative estimate of drug-likeness (QED) is 0.564. The van der Waals surface area contributed by atoms with E-state index in [0.717, 1.165) is 17.4 Å². The van der Waals surface area contributed by atoms with Crippen LogP contribution in [-0.4, -0.2) is 45.6 Å². The number of carbonyl (C=O) groups excluding carboxylic acids is 1. The molecule has 0 spiro atoms. The maximum atomic E-state index is 13.5. The van der Waals surface area contributed by atoms with Crippen molar-refractivity contribution < 1.29 is 18.8 Å². The lowest BCUT2D eigenvalue weighted by Crippen LogP contribution is -2.43. The predicted octanol–water partition coefficient (Wildman–Crippen LogP) is 5.09. The van der Waals surface area contributed by atoms with E-state index >= 15 is 0 Å². The molecule has 2 aromatic rings. The summed E-state index contributed by atoms with van der Waals surface area (Å²) in [7, 11) is 0. The zero-order valence-electron chi connectivity index (χ0n) is 17.7. The van der Waals surface area contributed by atoms with E-state index in [1.165, 1.54) is 12.1 Å². The monoisotopic (exact) mass is 407 g/mol. The average Bonchev–Trinajstić information content (AvgIpc) is 3.26. The van der Waals surface area contributed by atoms with Gasteiger partial charge in [-0.3, -0.25) is 10.1 Å². The van der Waals surface area contributed by atoms with E-state index in [4.69, 9.17) is 4.74 Å². The molecule has 8 heteroatoms. The van der Waals surface area contributed by atoms with Crippen LogP contribution in [0.25, 0.3) is 10.9 Å². The second kappa shape index (κ2) is 9.24. The lowest BCUT2D eigenvalue weighted by Gasteiger charge is -2.31. The average molecular weight is 407 g/mol. The number of H-pyrrole nitrogens is 1. The Labute approximate surface area is 170 Å². The molecule has 1 aromatic carbocycles. The molecule has 0 saturated carbocycles. The molecule has 7 nitrogen and oxygen atoms in total. The van der Waals surface area contributed by atoms with Crippen molar-refractivity contribution in [3.05, 3.63) is 45.9 Å². The number of halogens is 1. The van der Waals surface area contributed by atoms with Crippen LogP contribution in [0.4, 0.5) is 9.18 Å². The number of carbonyl (C=O) groups is 1. The molecule has 1 amide bonds. The molecular formula is C21H30FN3O4. The molecule has 1 saturated heterocycles. The fourth-order valence-electron chi connectivity index (χ4n) is 3.77. The highest BCUT2D eigenvalue weighted by Gasteiger charge is 2.40. The number of aromatic amines is 1. The second-order valence-electron chi connectivity index (χ2n) is 7.94. The van der Waals surface area contributed by atoms with E-state index in [9.17, 15) is 19.3 Å². The van der Waals surface area contributed by atoms with Gasteiger partial charge >= 0.3 is 6.09 Å². The molecule has 3 rings (SSSR count). The molecule has 0 aliphatic carbocycles. The summed E-state index contributed by atoms with van der Waals surface area (Å²) in [5, 5.41) is 12.1. The Hall–Kier alpha value is -2.64. The number of hydrogen-bond donors (Lipinski definition) is 1. The van der Waals surface area contributed by atoms with E-state index < -0.39 is 17.6 Å². The standard InChI is InChI=1S/C19H24FN3O4.C2H6/c1-19(2,3)27-18(24)22-8-4-5-17(22)15(11-23(25)26)14-10-21-16-9-12(20)6-7-13(14)16;1-2/h6-7,9-10,15,17,21H,4-5,8,11H2,1-3H3;1-2H3. The number of likely N-dealkylation sites (tertiary alicyclic amines) is 1. The van der Waals surface area contributed by atoms with Gasteiger partial charge in [0.25, 0.3) is 0 Å². The normalized spacial score (nSPS) is 17.6. The first-order valence-electron chi connectivity index (χ1n) is 10.0. The van der Waals surface area contributed by atoms with E-state index in [1.807, 2.05) is 13.8 Å². The zero-order chi connectivity index (χ0) is 21.8. The molecule has 2 unspecified atom stereocenters. The summed E-state index contributed by atoms with van der Waals surface area (Å²) < 4.78 is 19.0. The van der Waals surface area contributed by atoms with Crippen LogP contribution in [-0.2, 0) is 4.74 Å². The molecule has 29 heavy (non-hydrogen) atoms. The molecule has 0 radical (unpaired) electrons. The minimum atomic E-state index is -0.638. The number of hydrogen-bond acceptors (Lipinski definition) is 4. The van der Waals surface area contributed by atoms with Gasteiger partial charge < -0.3 is 14.6 Å². The summed E-state index contributed by atoms with van der Waals surface area (Å²) in [5.41, 5.74) is 0.670. The lowest BCUT2D eigenvalue weighted by atomic mass is 9.89. The van der Waals surface area contributed by atoms with Gasteiger partial charge in [0.2, 0.25) is 6.54 Å². The first-order valence-corrected chi connectivity index (χ1v) is 10.0. The molecule has 1 aliphatic rings. The van der Waals surface area contributed by atoms with E-state index in [-0.39, 0.29) is 23.3 Å². The topological polar surface area (TPSA) is 88.5 Å². The number of nitrogens with zero attached hydrogens (tertiary/aromatic N) is 2. The Morgan fingerprint density at radius 3 is 2.72 bits per heavy atom. The van der Waals surface area contributed by atoms with Gasteiger partial charge in [-0.2, -0.15) is 0 Å². The van der Waals surface area contributed by atoms with Crippen LogP contribution in [0.1, 0.15) is 58.9 Å². The fourth-order valence-corrected chi connectivity index (χ4v) is 3.77. The molecule has 1 fully saturated rings. The number of amides is 1. The fraction of sp³-hybridized carbons (Fsp3) is 0.571. The second-order valence-corrected chi connectivity index (χ2v) is 7.94. The lowest BCUT2D eigenvalue weighted by molar-refractivity contribution is -0.484. The maximum Gasteiger partial charge on any atom is 0.410 e. The number of nitro groups is 1. The Bertz CT molecular complexity index is 859. The summed E-state index contributed by atoms with van der Waals surface area (Å²) in [5.74, 6) is -0.882. The largest absolute Gasteiger partial charge is 0.444 e. The first kappa shape index (κ1) is 22.6. The molecule has 160 valence electrons. The molecule has 2 atom stereocenters. The van der Waals surface area contributed by atoms with Crippen molar-refractivity contribution in [1.82, 2.24) is 9.88 Å². The van der Waals surface area contributed by atoms with Gasteiger partial charge in [-0.25, -0.2) is 9.18 Å². The van der Waals surface area contributed by atoms with E-state index in [1.54, 1.807) is 37.9 Å². The van der Waals surface area contributed by atoms with Crippen LogP contribution < -0.4 is 0 Å². The number of nitrogens with one attached hydrogen (secondary N) is 1. The van der Waals surface area contributed by atoms with Crippen LogP contribution >= 0.6 is 0 Å². The highest BCUT2D eigenvalue weighted by Crippen LogP contribution is 2.36. The molecule has 1 aromatic heterocycles. The van der Waals surface area contributed by atoms with Crippen LogP contribution in [0.2, 0.25) is 0 Å². The molecular weight excluding hydrogens is 377 g/mol. The van der Waals surface area contributed by atoms with Crippen molar-refractivity contribution in [2.75, 3.05) is 13.1 Å². The van der Waals surface area contributed by atoms with Crippen molar-refractivity contribution in [1.29, 1.82) is 0 Å². The Kier molecular flexibility index (Phi) is 7.21. The molecule has 1 aliphatic heterocycles. The highest BCUT2D eigenvalue weighted by atomic mass is 19.1. The van der Waals surface area contributed by atoms with Crippen LogP contribution in [0.15, 0.2) is 24.4 Å². The van der Waals surface area contributed by atoms with Crippen molar-refractivity contribution in [2.45, 2.75) is 65.0 Å². The molecule has 0 bridgehead atoms. The highest BCUT2D eigenvalue weighted by molar-refractivity contribution is 5.84. The van der Waals surface area contributed by atoms with E-state index in [2.05, 4.69) is 4.98 Å².